The van der Waals surface area contributed by atoms with Crippen LogP contribution in [0.2, 0.25) is 0 Å². The zero-order valence-corrected chi connectivity index (χ0v) is 15.6. The zero-order chi connectivity index (χ0) is 20.8. The summed E-state index contributed by atoms with van der Waals surface area (Å²) in [6.45, 7) is 0.848. The maximum atomic E-state index is 12.4. The summed E-state index contributed by atoms with van der Waals surface area (Å²) >= 11 is 0. The number of aliphatic hydroxyl groups excluding tert-OH is 1. The smallest absolute Gasteiger partial charge is 0.338 e. The number of esters is 3. The lowest BCUT2D eigenvalue weighted by molar-refractivity contribution is -0.170. The Balaban J connectivity index is 1.72. The van der Waals surface area contributed by atoms with Crippen molar-refractivity contribution in [2.75, 3.05) is 6.61 Å². The molecule has 8 heteroatoms. The molecule has 3 rings (SSSR count). The minimum absolute atomic E-state index is 0.274. The minimum atomic E-state index is -1.53. The molecule has 0 bridgehead atoms. The molecule has 1 aliphatic heterocycles. The Morgan fingerprint density at radius 1 is 0.862 bits per heavy atom. The van der Waals surface area contributed by atoms with E-state index in [4.69, 9.17) is 18.9 Å². The van der Waals surface area contributed by atoms with Crippen molar-refractivity contribution < 1.29 is 38.4 Å². The molecular formula is C21H20O8. The molecule has 0 unspecified atom stereocenters. The van der Waals surface area contributed by atoms with E-state index in [0.717, 1.165) is 6.92 Å². The molecule has 2 aromatic rings. The highest BCUT2D eigenvalue weighted by molar-refractivity contribution is 5.90. The van der Waals surface area contributed by atoms with Crippen molar-refractivity contribution in [1.82, 2.24) is 0 Å². The van der Waals surface area contributed by atoms with Crippen molar-refractivity contribution in [3.63, 3.8) is 0 Å². The maximum absolute atomic E-state index is 12.4. The van der Waals surface area contributed by atoms with Crippen LogP contribution in [0.3, 0.4) is 0 Å². The number of aliphatic hydroxyl groups is 1. The van der Waals surface area contributed by atoms with E-state index in [1.807, 2.05) is 0 Å². The minimum Gasteiger partial charge on any atom is -0.459 e. The van der Waals surface area contributed by atoms with Gasteiger partial charge in [0.2, 0.25) is 0 Å². The second-order valence-corrected chi connectivity index (χ2v) is 6.34. The van der Waals surface area contributed by atoms with Crippen LogP contribution in [0.4, 0.5) is 0 Å². The van der Waals surface area contributed by atoms with Gasteiger partial charge in [0.1, 0.15) is 12.7 Å². The molecule has 0 aromatic heterocycles. The Hall–Kier alpha value is -3.23. The molecule has 152 valence electrons. The van der Waals surface area contributed by atoms with Gasteiger partial charge < -0.3 is 24.1 Å². The van der Waals surface area contributed by atoms with Gasteiger partial charge in [0.25, 0.3) is 0 Å². The molecule has 1 aliphatic rings. The number of ether oxygens (including phenoxy) is 4. The molecule has 2 aromatic carbocycles. The van der Waals surface area contributed by atoms with Gasteiger partial charge in [-0.3, -0.25) is 4.79 Å². The average molecular weight is 400 g/mol. The van der Waals surface area contributed by atoms with Gasteiger partial charge in [-0.15, -0.1) is 0 Å². The van der Waals surface area contributed by atoms with Crippen LogP contribution in [0.25, 0.3) is 0 Å². The molecule has 0 radical (unpaired) electrons. The highest BCUT2D eigenvalue weighted by Crippen LogP contribution is 2.27. The van der Waals surface area contributed by atoms with Gasteiger partial charge in [-0.05, 0) is 24.3 Å². The van der Waals surface area contributed by atoms with Gasteiger partial charge in [0.05, 0.1) is 11.1 Å². The Kier molecular flexibility index (Phi) is 6.58. The Morgan fingerprint density at radius 2 is 1.41 bits per heavy atom. The second-order valence-electron chi connectivity index (χ2n) is 6.34. The number of carbonyl (C=O) groups excluding carboxylic acids is 3. The number of hydrogen-bond acceptors (Lipinski definition) is 8. The molecule has 4 atom stereocenters. The van der Waals surface area contributed by atoms with Crippen molar-refractivity contribution >= 4 is 17.9 Å². The second kappa shape index (κ2) is 9.31. The standard InChI is InChI=1S/C21H20O8/c1-13(22)27-18-17(29-20(24)15-10-6-3-7-11-15)16(28-21(18)25)12-26-19(23)14-8-4-2-5-9-14/h2-11,16-18,21,25H,12H2,1H3/t16-,17-,18+,21-/m1/s1. The third-order valence-electron chi connectivity index (χ3n) is 4.23. The fourth-order valence-corrected chi connectivity index (χ4v) is 2.88. The molecule has 1 heterocycles. The fraction of sp³-hybridized carbons (Fsp3) is 0.286. The third kappa shape index (κ3) is 5.18. The predicted molar refractivity (Wildman–Crippen MR) is 98.8 cm³/mol. The maximum Gasteiger partial charge on any atom is 0.338 e. The molecular weight excluding hydrogens is 380 g/mol. The first-order valence-corrected chi connectivity index (χ1v) is 8.94. The molecule has 0 amide bonds. The topological polar surface area (TPSA) is 108 Å². The van der Waals surface area contributed by atoms with E-state index >= 15 is 0 Å². The first-order valence-electron chi connectivity index (χ1n) is 8.94. The quantitative estimate of drug-likeness (QED) is 0.577. The summed E-state index contributed by atoms with van der Waals surface area (Å²) < 4.78 is 21.1. The van der Waals surface area contributed by atoms with E-state index in [-0.39, 0.29) is 12.2 Å². The Labute approximate surface area is 167 Å². The van der Waals surface area contributed by atoms with Gasteiger partial charge in [-0.25, -0.2) is 9.59 Å². The van der Waals surface area contributed by atoms with E-state index in [1.165, 1.54) is 0 Å². The lowest BCUT2D eigenvalue weighted by atomic mass is 10.1. The summed E-state index contributed by atoms with van der Waals surface area (Å²) in [6.07, 6.45) is -4.96. The van der Waals surface area contributed by atoms with Gasteiger partial charge in [0.15, 0.2) is 18.5 Å². The molecule has 1 saturated heterocycles. The van der Waals surface area contributed by atoms with E-state index < -0.39 is 42.5 Å². The number of hydrogen-bond donors (Lipinski definition) is 1. The molecule has 0 aliphatic carbocycles. The SMILES string of the molecule is CC(=O)O[C@H]1[C@H](OC(=O)c2ccccc2)[C@@H](COC(=O)c2ccccc2)O[C@H]1O. The molecule has 0 saturated carbocycles. The molecule has 29 heavy (non-hydrogen) atoms. The van der Waals surface area contributed by atoms with Gasteiger partial charge in [-0.2, -0.15) is 0 Å². The van der Waals surface area contributed by atoms with Crippen LogP contribution in [0.5, 0.6) is 0 Å². The van der Waals surface area contributed by atoms with Crippen LogP contribution in [0.1, 0.15) is 27.6 Å². The Morgan fingerprint density at radius 3 is 1.97 bits per heavy atom. The van der Waals surface area contributed by atoms with Crippen LogP contribution in [-0.2, 0) is 23.7 Å². The summed E-state index contributed by atoms with van der Waals surface area (Å²) in [6, 6.07) is 16.5. The lowest BCUT2D eigenvalue weighted by Gasteiger charge is -2.22. The highest BCUT2D eigenvalue weighted by Gasteiger charge is 2.49. The van der Waals surface area contributed by atoms with Crippen LogP contribution >= 0.6 is 0 Å². The number of rotatable bonds is 6. The van der Waals surface area contributed by atoms with E-state index in [2.05, 4.69) is 0 Å². The predicted octanol–water partition coefficient (Wildman–Crippen LogP) is 1.72. The van der Waals surface area contributed by atoms with Crippen LogP contribution in [0, 0.1) is 0 Å². The van der Waals surface area contributed by atoms with Crippen LogP contribution in [-0.4, -0.2) is 54.2 Å². The Bertz CT molecular complexity index is 851. The fourth-order valence-electron chi connectivity index (χ4n) is 2.88. The van der Waals surface area contributed by atoms with Gasteiger partial charge in [0, 0.05) is 6.92 Å². The van der Waals surface area contributed by atoms with E-state index in [0.29, 0.717) is 5.56 Å². The zero-order valence-electron chi connectivity index (χ0n) is 15.6. The molecule has 8 nitrogen and oxygen atoms in total. The first kappa shape index (κ1) is 20.5. The summed E-state index contributed by atoms with van der Waals surface area (Å²) in [7, 11) is 0. The van der Waals surface area contributed by atoms with Crippen molar-refractivity contribution in [1.29, 1.82) is 0 Å². The summed E-state index contributed by atoms with van der Waals surface area (Å²) in [5.74, 6) is -1.97. The van der Waals surface area contributed by atoms with Crippen LogP contribution < -0.4 is 0 Å². The van der Waals surface area contributed by atoms with Gasteiger partial charge >= 0.3 is 17.9 Å². The third-order valence-corrected chi connectivity index (χ3v) is 4.23. The van der Waals surface area contributed by atoms with Crippen molar-refractivity contribution in [2.24, 2.45) is 0 Å². The van der Waals surface area contributed by atoms with Crippen molar-refractivity contribution in [2.45, 2.75) is 31.5 Å². The largest absolute Gasteiger partial charge is 0.459 e. The van der Waals surface area contributed by atoms with Crippen molar-refractivity contribution in [3.05, 3.63) is 71.8 Å². The molecule has 1 N–H and O–H groups in total. The normalized spacial score (nSPS) is 23.2. The summed E-state index contributed by atoms with van der Waals surface area (Å²) in [5, 5.41) is 10.1. The average Bonchev–Trinajstić information content (AvgIpc) is 3.01. The first-order chi connectivity index (χ1) is 14.0. The van der Waals surface area contributed by atoms with Crippen LogP contribution in [0.15, 0.2) is 60.7 Å². The van der Waals surface area contributed by atoms with E-state index in [9.17, 15) is 19.5 Å². The van der Waals surface area contributed by atoms with E-state index in [1.54, 1.807) is 60.7 Å². The molecule has 0 spiro atoms. The lowest BCUT2D eigenvalue weighted by Crippen LogP contribution is -2.41. The van der Waals surface area contributed by atoms with Gasteiger partial charge in [-0.1, -0.05) is 36.4 Å². The summed E-state index contributed by atoms with van der Waals surface area (Å²) in [4.78, 5) is 36.0. The highest BCUT2D eigenvalue weighted by atomic mass is 16.7. The number of benzene rings is 2. The number of carbonyl (C=O) groups is 3. The monoisotopic (exact) mass is 400 g/mol. The van der Waals surface area contributed by atoms with Crippen molar-refractivity contribution in [3.8, 4) is 0 Å². The molecule has 1 fully saturated rings. The summed E-state index contributed by atoms with van der Waals surface area (Å²) in [5.41, 5.74) is 0.607.